The first-order valence-corrected chi connectivity index (χ1v) is 7.43. The molecule has 2 heterocycles. The van der Waals surface area contributed by atoms with Gasteiger partial charge in [0.1, 0.15) is 0 Å². The number of likely N-dealkylation sites (tertiary alicyclic amines) is 2. The van der Waals surface area contributed by atoms with Gasteiger partial charge in [0, 0.05) is 12.1 Å². The first-order chi connectivity index (χ1) is 7.95. The fourth-order valence-electron chi connectivity index (χ4n) is 4.09. The third kappa shape index (κ3) is 2.14. The van der Waals surface area contributed by atoms with Crippen molar-refractivity contribution in [3.8, 4) is 0 Å². The molecule has 16 heavy (non-hydrogen) atoms. The Morgan fingerprint density at radius 2 is 0.875 bits per heavy atom. The molecule has 2 atom stereocenters. The van der Waals surface area contributed by atoms with Crippen molar-refractivity contribution in [2.45, 2.75) is 63.5 Å². The van der Waals surface area contributed by atoms with Crippen LogP contribution in [0.25, 0.3) is 0 Å². The van der Waals surface area contributed by atoms with Crippen molar-refractivity contribution < 1.29 is 0 Å². The van der Waals surface area contributed by atoms with Crippen LogP contribution in [-0.2, 0) is 0 Å². The molecule has 2 aliphatic heterocycles. The monoisotopic (exact) mass is 222 g/mol. The van der Waals surface area contributed by atoms with Gasteiger partial charge in [0.15, 0.2) is 0 Å². The summed E-state index contributed by atoms with van der Waals surface area (Å²) < 4.78 is 0. The van der Waals surface area contributed by atoms with Crippen LogP contribution in [0, 0.1) is 0 Å². The maximum Gasteiger partial charge on any atom is 0.0251 e. The minimum atomic E-state index is 0.911. The van der Waals surface area contributed by atoms with Crippen LogP contribution < -0.4 is 0 Å². The molecule has 0 amide bonds. The molecule has 0 aromatic carbocycles. The molecule has 2 saturated heterocycles. The van der Waals surface area contributed by atoms with Crippen LogP contribution in [0.3, 0.4) is 0 Å². The van der Waals surface area contributed by atoms with Gasteiger partial charge in [-0.15, -0.1) is 0 Å². The van der Waals surface area contributed by atoms with Gasteiger partial charge in [0.2, 0.25) is 0 Å². The SMILES string of the molecule is C1CCC(N2CCCC2)C(N2CCCC2)C1. The van der Waals surface area contributed by atoms with E-state index >= 15 is 0 Å². The normalized spacial score (nSPS) is 38.2. The van der Waals surface area contributed by atoms with Crippen molar-refractivity contribution in [1.82, 2.24) is 9.80 Å². The molecule has 0 bridgehead atoms. The van der Waals surface area contributed by atoms with Crippen molar-refractivity contribution in [2.24, 2.45) is 0 Å². The summed E-state index contributed by atoms with van der Waals surface area (Å²) in [6.45, 7) is 5.54. The molecule has 2 unspecified atom stereocenters. The Balaban J connectivity index is 1.67. The lowest BCUT2D eigenvalue weighted by Crippen LogP contribution is -2.51. The van der Waals surface area contributed by atoms with Crippen molar-refractivity contribution in [3.05, 3.63) is 0 Å². The average Bonchev–Trinajstić information content (AvgIpc) is 3.03. The molecule has 2 heteroatoms. The fraction of sp³-hybridized carbons (Fsp3) is 1.00. The van der Waals surface area contributed by atoms with E-state index in [1.54, 1.807) is 0 Å². The van der Waals surface area contributed by atoms with Gasteiger partial charge in [-0.05, 0) is 64.7 Å². The van der Waals surface area contributed by atoms with Crippen LogP contribution in [0.2, 0.25) is 0 Å². The quantitative estimate of drug-likeness (QED) is 0.708. The lowest BCUT2D eigenvalue weighted by molar-refractivity contribution is 0.0754. The van der Waals surface area contributed by atoms with Crippen LogP contribution >= 0.6 is 0 Å². The zero-order valence-corrected chi connectivity index (χ0v) is 10.5. The highest BCUT2D eigenvalue weighted by molar-refractivity contribution is 4.92. The van der Waals surface area contributed by atoms with E-state index in [0.717, 1.165) is 12.1 Å². The summed E-state index contributed by atoms with van der Waals surface area (Å²) in [5.41, 5.74) is 0. The molecule has 0 aromatic rings. The molecule has 0 N–H and O–H groups in total. The highest BCUT2D eigenvalue weighted by atomic mass is 15.3. The molecule has 0 aromatic heterocycles. The van der Waals surface area contributed by atoms with Gasteiger partial charge in [-0.25, -0.2) is 0 Å². The van der Waals surface area contributed by atoms with Crippen molar-refractivity contribution in [1.29, 1.82) is 0 Å². The van der Waals surface area contributed by atoms with Gasteiger partial charge in [-0.3, -0.25) is 9.80 Å². The molecule has 92 valence electrons. The Hall–Kier alpha value is -0.0800. The summed E-state index contributed by atoms with van der Waals surface area (Å²) in [6.07, 6.45) is 11.7. The Kier molecular flexibility index (Phi) is 3.49. The zero-order valence-electron chi connectivity index (χ0n) is 10.5. The molecular formula is C14H26N2. The van der Waals surface area contributed by atoms with Crippen molar-refractivity contribution in [3.63, 3.8) is 0 Å². The predicted molar refractivity (Wildman–Crippen MR) is 67.7 cm³/mol. The number of hydrogen-bond donors (Lipinski definition) is 0. The lowest BCUT2D eigenvalue weighted by Gasteiger charge is -2.42. The predicted octanol–water partition coefficient (Wildman–Crippen LogP) is 2.49. The molecule has 2 nitrogen and oxygen atoms in total. The van der Waals surface area contributed by atoms with E-state index in [2.05, 4.69) is 9.80 Å². The summed E-state index contributed by atoms with van der Waals surface area (Å²) in [5.74, 6) is 0. The summed E-state index contributed by atoms with van der Waals surface area (Å²) in [5, 5.41) is 0. The van der Waals surface area contributed by atoms with Gasteiger partial charge < -0.3 is 0 Å². The maximum absolute atomic E-state index is 2.81. The van der Waals surface area contributed by atoms with Crippen molar-refractivity contribution in [2.75, 3.05) is 26.2 Å². The van der Waals surface area contributed by atoms with Crippen LogP contribution in [-0.4, -0.2) is 48.1 Å². The fourth-order valence-corrected chi connectivity index (χ4v) is 4.09. The highest BCUT2D eigenvalue weighted by Gasteiger charge is 2.35. The minimum Gasteiger partial charge on any atom is -0.299 e. The Morgan fingerprint density at radius 1 is 0.500 bits per heavy atom. The van der Waals surface area contributed by atoms with E-state index < -0.39 is 0 Å². The Morgan fingerprint density at radius 3 is 1.25 bits per heavy atom. The minimum absolute atomic E-state index is 0.911. The lowest BCUT2D eigenvalue weighted by atomic mass is 9.88. The van der Waals surface area contributed by atoms with Gasteiger partial charge in [-0.1, -0.05) is 12.8 Å². The smallest absolute Gasteiger partial charge is 0.0251 e. The summed E-state index contributed by atoms with van der Waals surface area (Å²) >= 11 is 0. The second kappa shape index (κ2) is 5.05. The molecule has 1 aliphatic carbocycles. The Bertz CT molecular complexity index is 193. The first-order valence-electron chi connectivity index (χ1n) is 7.43. The topological polar surface area (TPSA) is 6.48 Å². The third-order valence-corrected chi connectivity index (χ3v) is 4.91. The summed E-state index contributed by atoms with van der Waals surface area (Å²) in [6, 6.07) is 1.82. The second-order valence-corrected chi connectivity index (χ2v) is 5.91. The van der Waals surface area contributed by atoms with E-state index in [4.69, 9.17) is 0 Å². The highest BCUT2D eigenvalue weighted by Crippen LogP contribution is 2.31. The van der Waals surface area contributed by atoms with Crippen LogP contribution in [0.15, 0.2) is 0 Å². The molecule has 3 aliphatic rings. The van der Waals surface area contributed by atoms with Gasteiger partial charge in [0.05, 0.1) is 0 Å². The molecule has 3 rings (SSSR count). The van der Waals surface area contributed by atoms with E-state index in [1.807, 2.05) is 0 Å². The molecule has 0 radical (unpaired) electrons. The van der Waals surface area contributed by atoms with Gasteiger partial charge in [0.25, 0.3) is 0 Å². The van der Waals surface area contributed by atoms with E-state index in [0.29, 0.717) is 0 Å². The third-order valence-electron chi connectivity index (χ3n) is 4.91. The van der Waals surface area contributed by atoms with E-state index in [1.165, 1.54) is 77.5 Å². The van der Waals surface area contributed by atoms with Crippen LogP contribution in [0.1, 0.15) is 51.4 Å². The van der Waals surface area contributed by atoms with Crippen LogP contribution in [0.5, 0.6) is 0 Å². The van der Waals surface area contributed by atoms with E-state index in [9.17, 15) is 0 Å². The maximum atomic E-state index is 2.81. The Labute approximate surface area is 100.0 Å². The van der Waals surface area contributed by atoms with Gasteiger partial charge in [-0.2, -0.15) is 0 Å². The van der Waals surface area contributed by atoms with E-state index in [-0.39, 0.29) is 0 Å². The molecule has 0 spiro atoms. The summed E-state index contributed by atoms with van der Waals surface area (Å²) in [7, 11) is 0. The van der Waals surface area contributed by atoms with Gasteiger partial charge >= 0.3 is 0 Å². The number of nitrogens with zero attached hydrogens (tertiary/aromatic N) is 2. The standard InChI is InChI=1S/C14H26N2/c1-2-8-14(16-11-5-6-12-16)13(7-1)15-9-3-4-10-15/h13-14H,1-12H2. The number of rotatable bonds is 2. The van der Waals surface area contributed by atoms with Crippen LogP contribution in [0.4, 0.5) is 0 Å². The first kappa shape index (κ1) is 11.0. The molecule has 1 saturated carbocycles. The second-order valence-electron chi connectivity index (χ2n) is 5.91. The van der Waals surface area contributed by atoms with Crippen molar-refractivity contribution >= 4 is 0 Å². The molecule has 3 fully saturated rings. The number of hydrogen-bond acceptors (Lipinski definition) is 2. The summed E-state index contributed by atoms with van der Waals surface area (Å²) in [4.78, 5) is 5.62. The molecular weight excluding hydrogens is 196 g/mol. The largest absolute Gasteiger partial charge is 0.299 e. The average molecular weight is 222 g/mol. The zero-order chi connectivity index (χ0) is 10.8.